The smallest absolute Gasteiger partial charge is 0.279 e. The lowest BCUT2D eigenvalue weighted by Gasteiger charge is -2.38. The van der Waals surface area contributed by atoms with E-state index in [2.05, 4.69) is 35.3 Å². The fraction of sp³-hybridized carbons (Fsp3) is 0.391. The number of ether oxygens (including phenoxy) is 3. The molecule has 0 aromatic heterocycles. The van der Waals surface area contributed by atoms with Gasteiger partial charge in [0.2, 0.25) is 0 Å². The molecule has 1 saturated heterocycles. The first-order valence-electron chi connectivity index (χ1n) is 10.2. The fourth-order valence-electron chi connectivity index (χ4n) is 3.94. The number of anilines is 2. The number of benzene rings is 2. The monoisotopic (exact) mass is 425 g/mol. The van der Waals surface area contributed by atoms with Gasteiger partial charge in [0.15, 0.2) is 18.0 Å². The molecule has 2 aromatic rings. The Balaban J connectivity index is 1.61. The van der Waals surface area contributed by atoms with Crippen LogP contribution in [0.2, 0.25) is 0 Å². The van der Waals surface area contributed by atoms with E-state index in [9.17, 15) is 10.1 Å². The first kappa shape index (κ1) is 22.2. The molecule has 164 valence electrons. The molecule has 2 N–H and O–H groups in total. The number of piperazine rings is 1. The molecule has 0 spiro atoms. The van der Waals surface area contributed by atoms with Gasteiger partial charge >= 0.3 is 0 Å². The molecule has 0 aliphatic carbocycles. The van der Waals surface area contributed by atoms with Gasteiger partial charge in [0, 0.05) is 17.8 Å². The number of nitrogens with zero attached hydrogens (tertiary/aromatic N) is 2. The minimum Gasteiger partial charge on any atom is -0.497 e. The fourth-order valence-corrected chi connectivity index (χ4v) is 3.94. The summed E-state index contributed by atoms with van der Waals surface area (Å²) in [5.74, 6) is 1.62. The summed E-state index contributed by atoms with van der Waals surface area (Å²) >= 11 is 0. The van der Waals surface area contributed by atoms with Crippen LogP contribution in [0, 0.1) is 11.3 Å². The number of carbonyl (C=O) groups is 1. The highest BCUT2D eigenvalue weighted by Crippen LogP contribution is 2.33. The Morgan fingerprint density at radius 2 is 1.84 bits per heavy atom. The molecule has 0 radical (unpaired) electrons. The molecule has 0 bridgehead atoms. The molecule has 0 saturated carbocycles. The summed E-state index contributed by atoms with van der Waals surface area (Å²) in [5, 5.41) is 12.3. The van der Waals surface area contributed by atoms with Crippen molar-refractivity contribution in [3.8, 4) is 23.3 Å². The lowest BCUT2D eigenvalue weighted by molar-refractivity contribution is -0.894. The van der Waals surface area contributed by atoms with Gasteiger partial charge in [-0.2, -0.15) is 5.26 Å². The number of hydrogen-bond acceptors (Lipinski definition) is 6. The zero-order valence-electron chi connectivity index (χ0n) is 18.4. The van der Waals surface area contributed by atoms with Gasteiger partial charge in [-0.1, -0.05) is 0 Å². The summed E-state index contributed by atoms with van der Waals surface area (Å²) in [6, 6.07) is 13.6. The Bertz CT molecular complexity index is 955. The van der Waals surface area contributed by atoms with Gasteiger partial charge in [0.05, 0.1) is 58.3 Å². The molecule has 1 aliphatic heterocycles. The quantitative estimate of drug-likeness (QED) is 0.696. The van der Waals surface area contributed by atoms with Gasteiger partial charge in [0.25, 0.3) is 5.91 Å². The van der Waals surface area contributed by atoms with Crippen molar-refractivity contribution in [3.63, 3.8) is 0 Å². The average Bonchev–Trinajstić information content (AvgIpc) is 2.79. The zero-order chi connectivity index (χ0) is 22.4. The number of hydrogen-bond donors (Lipinski definition) is 2. The Kier molecular flexibility index (Phi) is 7.21. The summed E-state index contributed by atoms with van der Waals surface area (Å²) in [4.78, 5) is 16.2. The van der Waals surface area contributed by atoms with Gasteiger partial charge in [-0.15, -0.1) is 0 Å². The number of quaternary nitrogens is 1. The highest BCUT2D eigenvalue weighted by Gasteiger charge is 2.28. The van der Waals surface area contributed by atoms with E-state index >= 15 is 0 Å². The minimum absolute atomic E-state index is 0.135. The number of nitrogens with one attached hydrogen (secondary N) is 2. The predicted octanol–water partition coefficient (Wildman–Crippen LogP) is 1.32. The van der Waals surface area contributed by atoms with Gasteiger partial charge in [-0.3, -0.25) is 4.79 Å². The van der Waals surface area contributed by atoms with E-state index in [4.69, 9.17) is 14.2 Å². The molecule has 1 fully saturated rings. The van der Waals surface area contributed by atoms with Crippen LogP contribution < -0.4 is 29.3 Å². The van der Waals surface area contributed by atoms with E-state index in [1.54, 1.807) is 19.2 Å². The topological polar surface area (TPSA) is 88.3 Å². The van der Waals surface area contributed by atoms with Crippen LogP contribution in [0.4, 0.5) is 11.4 Å². The van der Waals surface area contributed by atoms with Crippen molar-refractivity contribution in [2.75, 3.05) is 57.7 Å². The molecule has 8 nitrogen and oxygen atoms in total. The standard InChI is InChI=1S/C23H28N4O4/c1-16-14-26(9-10-27(16)18-5-7-19(29-2)8-6-18)15-23(28)25-20-12-22(31-4)21(30-3)11-17(20)13-24/h5-8,11-12,16H,9-10,14-15H2,1-4H3,(H,25,28)/p+1/t16-/m0/s1. The van der Waals surface area contributed by atoms with Gasteiger partial charge in [0.1, 0.15) is 11.8 Å². The maximum atomic E-state index is 12.7. The summed E-state index contributed by atoms with van der Waals surface area (Å²) < 4.78 is 15.7. The maximum absolute atomic E-state index is 12.7. The van der Waals surface area contributed by atoms with Crippen LogP contribution in [-0.4, -0.2) is 59.5 Å². The molecule has 2 aromatic carbocycles. The van der Waals surface area contributed by atoms with Crippen LogP contribution in [0.5, 0.6) is 17.2 Å². The largest absolute Gasteiger partial charge is 0.497 e. The molecular weight excluding hydrogens is 396 g/mol. The molecule has 8 heteroatoms. The van der Waals surface area contributed by atoms with Crippen molar-refractivity contribution in [2.24, 2.45) is 0 Å². The van der Waals surface area contributed by atoms with Crippen molar-refractivity contribution >= 4 is 17.3 Å². The number of rotatable bonds is 7. The van der Waals surface area contributed by atoms with Crippen LogP contribution in [-0.2, 0) is 4.79 Å². The lowest BCUT2D eigenvalue weighted by Crippen LogP contribution is -3.16. The maximum Gasteiger partial charge on any atom is 0.279 e. The Morgan fingerprint density at radius 3 is 2.42 bits per heavy atom. The van der Waals surface area contributed by atoms with Crippen LogP contribution in [0.3, 0.4) is 0 Å². The van der Waals surface area contributed by atoms with Gasteiger partial charge < -0.3 is 29.3 Å². The summed E-state index contributed by atoms with van der Waals surface area (Å²) in [6.45, 7) is 5.05. The molecule has 1 aliphatic rings. The average molecular weight is 426 g/mol. The molecule has 1 heterocycles. The van der Waals surface area contributed by atoms with Crippen LogP contribution >= 0.6 is 0 Å². The molecule has 1 unspecified atom stereocenters. The van der Waals surface area contributed by atoms with Crippen molar-refractivity contribution in [3.05, 3.63) is 42.0 Å². The van der Waals surface area contributed by atoms with E-state index in [-0.39, 0.29) is 5.91 Å². The summed E-state index contributed by atoms with van der Waals surface area (Å²) in [5.41, 5.74) is 1.91. The predicted molar refractivity (Wildman–Crippen MR) is 118 cm³/mol. The molecule has 3 rings (SSSR count). The second-order valence-electron chi connectivity index (χ2n) is 7.53. The molecule has 2 atom stereocenters. The zero-order valence-corrected chi connectivity index (χ0v) is 18.4. The highest BCUT2D eigenvalue weighted by atomic mass is 16.5. The molecular formula is C23H29N4O4+. The van der Waals surface area contributed by atoms with E-state index in [1.807, 2.05) is 12.1 Å². The number of carbonyl (C=O) groups excluding carboxylic acids is 1. The Morgan fingerprint density at radius 1 is 1.16 bits per heavy atom. The van der Waals surface area contributed by atoms with Crippen LogP contribution in [0.25, 0.3) is 0 Å². The third kappa shape index (κ3) is 5.19. The van der Waals surface area contributed by atoms with Crippen molar-refractivity contribution in [1.82, 2.24) is 0 Å². The van der Waals surface area contributed by atoms with Gasteiger partial charge in [-0.25, -0.2) is 0 Å². The normalized spacial score (nSPS) is 18.1. The number of methoxy groups -OCH3 is 3. The van der Waals surface area contributed by atoms with Crippen molar-refractivity contribution in [1.29, 1.82) is 5.26 Å². The van der Waals surface area contributed by atoms with Crippen LogP contribution in [0.15, 0.2) is 36.4 Å². The first-order valence-corrected chi connectivity index (χ1v) is 10.2. The lowest BCUT2D eigenvalue weighted by atomic mass is 10.1. The Labute approximate surface area is 182 Å². The Hall–Kier alpha value is -3.44. The van der Waals surface area contributed by atoms with Crippen LogP contribution in [0.1, 0.15) is 12.5 Å². The number of nitriles is 1. The number of amides is 1. The minimum atomic E-state index is -0.135. The summed E-state index contributed by atoms with van der Waals surface area (Å²) in [6.07, 6.45) is 0. The summed E-state index contributed by atoms with van der Waals surface area (Å²) in [7, 11) is 4.68. The molecule has 1 amide bonds. The van der Waals surface area contributed by atoms with Gasteiger partial charge in [-0.05, 0) is 31.2 Å². The van der Waals surface area contributed by atoms with E-state index < -0.39 is 0 Å². The first-order chi connectivity index (χ1) is 15.0. The second kappa shape index (κ2) is 10.0. The van der Waals surface area contributed by atoms with Crippen molar-refractivity contribution < 1.29 is 23.9 Å². The van der Waals surface area contributed by atoms with E-state index in [0.29, 0.717) is 35.3 Å². The van der Waals surface area contributed by atoms with E-state index in [1.165, 1.54) is 19.1 Å². The van der Waals surface area contributed by atoms with E-state index in [0.717, 1.165) is 31.1 Å². The SMILES string of the molecule is COc1ccc(N2CC[NH+](CC(=O)Nc3cc(OC)c(OC)cc3C#N)C[C@@H]2C)cc1. The third-order valence-electron chi connectivity index (χ3n) is 5.56. The second-order valence-corrected chi connectivity index (χ2v) is 7.53. The van der Waals surface area contributed by atoms with Crippen molar-refractivity contribution in [2.45, 2.75) is 13.0 Å². The third-order valence-corrected chi connectivity index (χ3v) is 5.56. The molecule has 31 heavy (non-hydrogen) atoms. The highest BCUT2D eigenvalue weighted by molar-refractivity contribution is 5.93.